The average Bonchev–Trinajstić information content (AvgIpc) is 2.81. The fraction of sp³-hybridized carbons (Fsp3) is 0.500. The van der Waals surface area contributed by atoms with Crippen molar-refractivity contribution in [2.24, 2.45) is 5.73 Å². The van der Waals surface area contributed by atoms with Crippen molar-refractivity contribution in [2.45, 2.75) is 30.0 Å². The van der Waals surface area contributed by atoms with Gasteiger partial charge in [0.15, 0.2) is 28.6 Å². The molecule has 5 N–H and O–H groups in total. The predicted molar refractivity (Wildman–Crippen MR) is 73.9 cm³/mol. The molecule has 0 aliphatic carbocycles. The maximum Gasteiger partial charge on any atom is 0.485 e. The molecule has 0 saturated carbocycles. The first-order valence-electron chi connectivity index (χ1n) is 6.74. The molecule has 0 bridgehead atoms. The van der Waals surface area contributed by atoms with E-state index in [4.69, 9.17) is 28.5 Å². The Morgan fingerprint density at radius 1 is 1.35 bits per heavy atom. The molecule has 26 heavy (non-hydrogen) atoms. The predicted octanol–water partition coefficient (Wildman–Crippen LogP) is -2.26. The number of alkyl halides is 3. The molecule has 4 atom stereocenters. The fourth-order valence-corrected chi connectivity index (χ4v) is 1.92. The number of carbonyl (C=O) groups excluding carboxylic acids is 1. The number of nitrogens with zero attached hydrogens (tertiary/aromatic N) is 1. The second kappa shape index (κ2) is 8.24. The third-order valence-electron chi connectivity index (χ3n) is 3.20. The van der Waals surface area contributed by atoms with E-state index in [0.717, 1.165) is 0 Å². The topological polar surface area (TPSA) is 174 Å². The fourth-order valence-electron chi connectivity index (χ4n) is 1.92. The third-order valence-corrected chi connectivity index (χ3v) is 3.77. The van der Waals surface area contributed by atoms with Gasteiger partial charge in [0.05, 0.1) is 6.61 Å². The Labute approximate surface area is 145 Å². The van der Waals surface area contributed by atoms with Gasteiger partial charge in [-0.1, -0.05) is 0 Å². The van der Waals surface area contributed by atoms with Crippen LogP contribution in [0, 0.1) is 0 Å². The van der Waals surface area contributed by atoms with E-state index >= 15 is 0 Å². The van der Waals surface area contributed by atoms with E-state index in [9.17, 15) is 28.2 Å². The standard InChI is InChI=1S/C11H14N2O5.CHF3O3S/c12-10(17)6-2-1-3-13(4-6)11-9(16)8(15)7(5-14)18-11;2-1(3,4)8(5,6)7/h1-4,7-9,11,14-16H,5H2,(H-,12,17);(H,5,6,7)/t7-,8-,9-,11-;/m1./s1. The number of carbonyl (C=O) groups is 1. The molecule has 0 spiro atoms. The van der Waals surface area contributed by atoms with Crippen LogP contribution in [0.1, 0.15) is 16.6 Å². The number of amides is 1. The van der Waals surface area contributed by atoms with Crippen LogP contribution in [0.5, 0.6) is 0 Å². The lowest BCUT2D eigenvalue weighted by Gasteiger charge is -2.09. The number of primary amides is 1. The van der Waals surface area contributed by atoms with E-state index < -0.39 is 52.7 Å². The number of nitrogens with two attached hydrogens (primary N) is 1. The number of aliphatic hydroxyl groups excluding tert-OH is 3. The van der Waals surface area contributed by atoms with E-state index in [1.54, 1.807) is 12.3 Å². The summed E-state index contributed by atoms with van der Waals surface area (Å²) < 4.78 is 65.7. The highest BCUT2D eigenvalue weighted by atomic mass is 32.2. The number of pyridine rings is 1. The molecular formula is C12H15F3N2O8S. The van der Waals surface area contributed by atoms with Crippen molar-refractivity contribution < 1.29 is 55.6 Å². The number of aromatic nitrogens is 1. The van der Waals surface area contributed by atoms with Gasteiger partial charge < -0.3 is 30.3 Å². The lowest BCUT2D eigenvalue weighted by molar-refractivity contribution is -0.765. The summed E-state index contributed by atoms with van der Waals surface area (Å²) in [6, 6.07) is 3.11. The number of ether oxygens (including phenoxy) is 1. The molecule has 10 nitrogen and oxygen atoms in total. The van der Waals surface area contributed by atoms with Crippen molar-refractivity contribution in [3.8, 4) is 0 Å². The number of hydrogen-bond donors (Lipinski definition) is 4. The molecule has 14 heteroatoms. The van der Waals surface area contributed by atoms with Crippen molar-refractivity contribution in [1.82, 2.24) is 0 Å². The molecule has 1 amide bonds. The maximum absolute atomic E-state index is 11.1. The van der Waals surface area contributed by atoms with Crippen molar-refractivity contribution in [3.05, 3.63) is 30.1 Å². The van der Waals surface area contributed by atoms with Gasteiger partial charge in [0.25, 0.3) is 12.1 Å². The average molecular weight is 404 g/mol. The van der Waals surface area contributed by atoms with Gasteiger partial charge in [-0.15, -0.1) is 0 Å². The van der Waals surface area contributed by atoms with Crippen LogP contribution in [0.25, 0.3) is 0 Å². The molecule has 1 aliphatic heterocycles. The number of aliphatic hydroxyl groups is 3. The summed E-state index contributed by atoms with van der Waals surface area (Å²) in [5.74, 6) is -0.601. The minimum absolute atomic E-state index is 0.259. The molecule has 148 valence electrons. The van der Waals surface area contributed by atoms with Gasteiger partial charge in [0.1, 0.15) is 17.8 Å². The Hall–Kier alpha value is -1.84. The van der Waals surface area contributed by atoms with Crippen LogP contribution in [0.3, 0.4) is 0 Å². The van der Waals surface area contributed by atoms with Crippen LogP contribution in [-0.4, -0.2) is 64.6 Å². The second-order valence-corrected chi connectivity index (χ2v) is 6.40. The summed E-state index contributed by atoms with van der Waals surface area (Å²) in [6.45, 7) is -0.398. The molecule has 1 fully saturated rings. The Kier molecular flexibility index (Phi) is 7.03. The lowest BCUT2D eigenvalue weighted by Crippen LogP contribution is -2.46. The van der Waals surface area contributed by atoms with Gasteiger partial charge in [-0.25, -0.2) is 8.42 Å². The van der Waals surface area contributed by atoms with Crippen LogP contribution in [0.15, 0.2) is 24.5 Å². The Morgan fingerprint density at radius 3 is 2.27 bits per heavy atom. The maximum atomic E-state index is 11.1. The summed E-state index contributed by atoms with van der Waals surface area (Å²) in [5, 5.41) is 28.4. The molecule has 1 aliphatic rings. The minimum atomic E-state index is -6.09. The van der Waals surface area contributed by atoms with Gasteiger partial charge in [-0.3, -0.25) is 4.79 Å². The summed E-state index contributed by atoms with van der Waals surface area (Å²) in [4.78, 5) is 11.1. The minimum Gasteiger partial charge on any atom is -0.741 e. The summed E-state index contributed by atoms with van der Waals surface area (Å²) in [6.07, 6.45) is -1.08. The molecule has 2 rings (SSSR count). The van der Waals surface area contributed by atoms with E-state index in [-0.39, 0.29) is 5.56 Å². The highest BCUT2D eigenvalue weighted by Gasteiger charge is 2.47. The van der Waals surface area contributed by atoms with Gasteiger partial charge in [0, 0.05) is 6.07 Å². The summed E-state index contributed by atoms with van der Waals surface area (Å²) >= 11 is 0. The molecule has 2 heterocycles. The van der Waals surface area contributed by atoms with Crippen molar-refractivity contribution in [3.63, 3.8) is 0 Å². The largest absolute Gasteiger partial charge is 0.741 e. The highest BCUT2D eigenvalue weighted by molar-refractivity contribution is 7.86. The zero-order valence-corrected chi connectivity index (χ0v) is 13.6. The number of rotatable bonds is 3. The third kappa shape index (κ3) is 5.33. The number of halogens is 3. The molecular weight excluding hydrogens is 389 g/mol. The molecule has 1 aromatic heterocycles. The molecule has 0 aromatic carbocycles. The second-order valence-electron chi connectivity index (χ2n) is 5.03. The molecule has 1 aromatic rings. The summed E-state index contributed by atoms with van der Waals surface area (Å²) in [5.41, 5.74) is -0.235. The number of hydrogen-bond acceptors (Lipinski definition) is 8. The monoisotopic (exact) mass is 404 g/mol. The van der Waals surface area contributed by atoms with Gasteiger partial charge in [-0.05, 0) is 6.07 Å². The first-order valence-corrected chi connectivity index (χ1v) is 8.15. The highest BCUT2D eigenvalue weighted by Crippen LogP contribution is 2.25. The van der Waals surface area contributed by atoms with E-state index in [2.05, 4.69) is 0 Å². The molecule has 0 unspecified atom stereocenters. The van der Waals surface area contributed by atoms with E-state index in [1.165, 1.54) is 16.8 Å². The van der Waals surface area contributed by atoms with Crippen LogP contribution in [0.4, 0.5) is 13.2 Å². The van der Waals surface area contributed by atoms with Crippen LogP contribution < -0.4 is 10.3 Å². The van der Waals surface area contributed by atoms with Crippen LogP contribution in [-0.2, 0) is 14.9 Å². The quantitative estimate of drug-likeness (QED) is 0.248. The Balaban J connectivity index is 0.000000359. The van der Waals surface area contributed by atoms with Gasteiger partial charge in [-0.2, -0.15) is 17.7 Å². The SMILES string of the molecule is NC(=O)c1ccc[n+]([C@@H]2O[C@H](CO)[C@@H](O)[C@H]2O)c1.O=S(=O)([O-])C(F)(F)F. The smallest absolute Gasteiger partial charge is 0.485 e. The van der Waals surface area contributed by atoms with Gasteiger partial charge >= 0.3 is 5.51 Å². The van der Waals surface area contributed by atoms with Crippen molar-refractivity contribution in [2.75, 3.05) is 6.61 Å². The zero-order valence-electron chi connectivity index (χ0n) is 12.8. The van der Waals surface area contributed by atoms with Crippen LogP contribution >= 0.6 is 0 Å². The summed E-state index contributed by atoms with van der Waals surface area (Å²) in [7, 11) is -6.09. The van der Waals surface area contributed by atoms with E-state index in [0.29, 0.717) is 0 Å². The zero-order chi connectivity index (χ0) is 20.3. The first kappa shape index (κ1) is 22.2. The lowest BCUT2D eigenvalue weighted by atomic mass is 10.1. The van der Waals surface area contributed by atoms with Crippen LogP contribution in [0.2, 0.25) is 0 Å². The van der Waals surface area contributed by atoms with Crippen molar-refractivity contribution in [1.29, 1.82) is 0 Å². The molecule has 1 saturated heterocycles. The van der Waals surface area contributed by atoms with Gasteiger partial charge in [0.2, 0.25) is 0 Å². The normalized spacial score (nSPS) is 26.1. The van der Waals surface area contributed by atoms with Crippen molar-refractivity contribution >= 4 is 16.0 Å². The first-order chi connectivity index (χ1) is 11.8. The Morgan fingerprint density at radius 2 is 1.88 bits per heavy atom. The molecule has 0 radical (unpaired) electrons. The van der Waals surface area contributed by atoms with E-state index in [1.807, 2.05) is 0 Å². The Bertz CT molecular complexity index is 742.